The van der Waals surface area contributed by atoms with Crippen LogP contribution in [0.2, 0.25) is 0 Å². The lowest BCUT2D eigenvalue weighted by atomic mass is 10.2. The molecule has 1 heterocycles. The standard InChI is InChI=1S/C12H24N2O2/c1-4-11-9-13(3)7-6-8-14(11)12(15)10-16-5-2/h11H,4-10H2,1-3H3. The van der Waals surface area contributed by atoms with Crippen LogP contribution in [0.4, 0.5) is 0 Å². The Balaban J connectivity index is 2.56. The van der Waals surface area contributed by atoms with Crippen molar-refractivity contribution in [2.75, 3.05) is 39.9 Å². The summed E-state index contributed by atoms with van der Waals surface area (Å²) in [5.74, 6) is 0.143. The number of amides is 1. The van der Waals surface area contributed by atoms with E-state index in [1.165, 1.54) is 0 Å². The first-order valence-electron chi connectivity index (χ1n) is 6.24. The highest BCUT2D eigenvalue weighted by Crippen LogP contribution is 2.12. The van der Waals surface area contributed by atoms with Crippen LogP contribution in [0.5, 0.6) is 0 Å². The van der Waals surface area contributed by atoms with Gasteiger partial charge in [0.2, 0.25) is 5.91 Å². The van der Waals surface area contributed by atoms with Crippen molar-refractivity contribution in [3.8, 4) is 0 Å². The third-order valence-corrected chi connectivity index (χ3v) is 3.12. The molecule has 1 fully saturated rings. The Morgan fingerprint density at radius 1 is 1.38 bits per heavy atom. The zero-order valence-corrected chi connectivity index (χ0v) is 10.7. The molecule has 4 nitrogen and oxygen atoms in total. The Bertz CT molecular complexity index is 221. The van der Waals surface area contributed by atoms with Gasteiger partial charge in [-0.2, -0.15) is 0 Å². The van der Waals surface area contributed by atoms with Gasteiger partial charge in [-0.05, 0) is 33.4 Å². The van der Waals surface area contributed by atoms with E-state index in [0.717, 1.165) is 32.5 Å². The monoisotopic (exact) mass is 228 g/mol. The van der Waals surface area contributed by atoms with Gasteiger partial charge in [0.15, 0.2) is 0 Å². The predicted molar refractivity (Wildman–Crippen MR) is 64.4 cm³/mol. The number of likely N-dealkylation sites (N-methyl/N-ethyl adjacent to an activating group) is 1. The van der Waals surface area contributed by atoms with E-state index in [1.807, 2.05) is 11.8 Å². The van der Waals surface area contributed by atoms with Crippen LogP contribution < -0.4 is 0 Å². The van der Waals surface area contributed by atoms with Gasteiger partial charge in [-0.15, -0.1) is 0 Å². The van der Waals surface area contributed by atoms with Crippen molar-refractivity contribution in [2.45, 2.75) is 32.7 Å². The van der Waals surface area contributed by atoms with E-state index < -0.39 is 0 Å². The molecular formula is C12H24N2O2. The molecule has 1 aliphatic rings. The van der Waals surface area contributed by atoms with Gasteiger partial charge in [0.25, 0.3) is 0 Å². The van der Waals surface area contributed by atoms with Crippen LogP contribution in [-0.2, 0) is 9.53 Å². The summed E-state index contributed by atoms with van der Waals surface area (Å²) in [5, 5.41) is 0. The molecule has 1 saturated heterocycles. The zero-order chi connectivity index (χ0) is 12.0. The van der Waals surface area contributed by atoms with Crippen molar-refractivity contribution < 1.29 is 9.53 Å². The van der Waals surface area contributed by atoms with Crippen molar-refractivity contribution in [2.24, 2.45) is 0 Å². The van der Waals surface area contributed by atoms with E-state index in [-0.39, 0.29) is 12.5 Å². The molecule has 1 amide bonds. The maximum absolute atomic E-state index is 12.0. The lowest BCUT2D eigenvalue weighted by Gasteiger charge is -2.30. The van der Waals surface area contributed by atoms with Crippen LogP contribution in [0.1, 0.15) is 26.7 Å². The van der Waals surface area contributed by atoms with E-state index in [1.54, 1.807) is 0 Å². The quantitative estimate of drug-likeness (QED) is 0.718. The van der Waals surface area contributed by atoms with Gasteiger partial charge in [0, 0.05) is 25.7 Å². The van der Waals surface area contributed by atoms with Gasteiger partial charge in [0.1, 0.15) is 6.61 Å². The van der Waals surface area contributed by atoms with Crippen molar-refractivity contribution in [1.29, 1.82) is 0 Å². The lowest BCUT2D eigenvalue weighted by Crippen LogP contribution is -2.45. The summed E-state index contributed by atoms with van der Waals surface area (Å²) < 4.78 is 5.20. The number of carbonyl (C=O) groups excluding carboxylic acids is 1. The van der Waals surface area contributed by atoms with Gasteiger partial charge in [-0.25, -0.2) is 0 Å². The minimum Gasteiger partial charge on any atom is -0.372 e. The largest absolute Gasteiger partial charge is 0.372 e. The number of hydrogen-bond acceptors (Lipinski definition) is 3. The Labute approximate surface area is 98.5 Å². The van der Waals surface area contributed by atoms with E-state index in [9.17, 15) is 4.79 Å². The Morgan fingerprint density at radius 3 is 2.75 bits per heavy atom. The van der Waals surface area contributed by atoms with Crippen LogP contribution in [-0.4, -0.2) is 61.6 Å². The van der Waals surface area contributed by atoms with Crippen LogP contribution >= 0.6 is 0 Å². The molecule has 0 aromatic heterocycles. The summed E-state index contributed by atoms with van der Waals surface area (Å²) in [6, 6.07) is 0.348. The maximum Gasteiger partial charge on any atom is 0.248 e. The molecule has 0 N–H and O–H groups in total. The van der Waals surface area contributed by atoms with Crippen LogP contribution in [0.25, 0.3) is 0 Å². The number of ether oxygens (including phenoxy) is 1. The molecule has 0 aromatic rings. The average Bonchev–Trinajstić information content (AvgIpc) is 2.47. The summed E-state index contributed by atoms with van der Waals surface area (Å²) in [4.78, 5) is 16.3. The summed E-state index contributed by atoms with van der Waals surface area (Å²) >= 11 is 0. The molecule has 1 aliphatic heterocycles. The lowest BCUT2D eigenvalue weighted by molar-refractivity contribution is -0.138. The zero-order valence-electron chi connectivity index (χ0n) is 10.7. The molecule has 1 rings (SSSR count). The molecule has 94 valence electrons. The van der Waals surface area contributed by atoms with Gasteiger partial charge in [0.05, 0.1) is 0 Å². The van der Waals surface area contributed by atoms with Crippen molar-refractivity contribution >= 4 is 5.91 Å². The number of nitrogens with zero attached hydrogens (tertiary/aromatic N) is 2. The highest BCUT2D eigenvalue weighted by Gasteiger charge is 2.25. The third kappa shape index (κ3) is 3.76. The maximum atomic E-state index is 12.0. The molecule has 0 bridgehead atoms. The van der Waals surface area contributed by atoms with Gasteiger partial charge >= 0.3 is 0 Å². The average molecular weight is 228 g/mol. The first-order chi connectivity index (χ1) is 7.69. The fourth-order valence-corrected chi connectivity index (χ4v) is 2.19. The SMILES string of the molecule is CCOCC(=O)N1CCCN(C)CC1CC. The summed E-state index contributed by atoms with van der Waals surface area (Å²) in [6.07, 6.45) is 2.08. The van der Waals surface area contributed by atoms with Gasteiger partial charge < -0.3 is 14.5 Å². The number of carbonyl (C=O) groups is 1. The molecule has 0 aliphatic carbocycles. The second-order valence-corrected chi connectivity index (χ2v) is 4.40. The highest BCUT2D eigenvalue weighted by molar-refractivity contribution is 5.77. The molecule has 0 saturated carbocycles. The Hall–Kier alpha value is -0.610. The Kier molecular flexibility index (Phi) is 5.77. The summed E-state index contributed by atoms with van der Waals surface area (Å²) in [5.41, 5.74) is 0. The van der Waals surface area contributed by atoms with Gasteiger partial charge in [-0.3, -0.25) is 4.79 Å². The van der Waals surface area contributed by atoms with Crippen LogP contribution in [0.3, 0.4) is 0 Å². The van der Waals surface area contributed by atoms with Crippen molar-refractivity contribution in [3.05, 3.63) is 0 Å². The summed E-state index contributed by atoms with van der Waals surface area (Å²) in [6.45, 7) is 7.83. The third-order valence-electron chi connectivity index (χ3n) is 3.12. The number of hydrogen-bond donors (Lipinski definition) is 0. The summed E-state index contributed by atoms with van der Waals surface area (Å²) in [7, 11) is 2.12. The number of rotatable bonds is 4. The molecule has 1 unspecified atom stereocenters. The van der Waals surface area contributed by atoms with Gasteiger partial charge in [-0.1, -0.05) is 6.92 Å². The topological polar surface area (TPSA) is 32.8 Å². The van der Waals surface area contributed by atoms with E-state index >= 15 is 0 Å². The molecule has 4 heteroatoms. The molecule has 0 spiro atoms. The van der Waals surface area contributed by atoms with Crippen LogP contribution in [0.15, 0.2) is 0 Å². The van der Waals surface area contributed by atoms with E-state index in [0.29, 0.717) is 12.6 Å². The second kappa shape index (κ2) is 6.86. The molecule has 1 atom stereocenters. The van der Waals surface area contributed by atoms with Crippen molar-refractivity contribution in [1.82, 2.24) is 9.80 Å². The van der Waals surface area contributed by atoms with E-state index in [4.69, 9.17) is 4.74 Å². The second-order valence-electron chi connectivity index (χ2n) is 4.40. The predicted octanol–water partition coefficient (Wildman–Crippen LogP) is 0.966. The smallest absolute Gasteiger partial charge is 0.248 e. The Morgan fingerprint density at radius 2 is 2.12 bits per heavy atom. The minimum atomic E-state index is 0.143. The minimum absolute atomic E-state index is 0.143. The van der Waals surface area contributed by atoms with E-state index in [2.05, 4.69) is 18.9 Å². The molecule has 0 radical (unpaired) electrons. The first kappa shape index (κ1) is 13.5. The molecule has 16 heavy (non-hydrogen) atoms. The fraction of sp³-hybridized carbons (Fsp3) is 0.917. The molecule has 0 aromatic carbocycles. The first-order valence-corrected chi connectivity index (χ1v) is 6.24. The molecular weight excluding hydrogens is 204 g/mol. The van der Waals surface area contributed by atoms with Crippen molar-refractivity contribution in [3.63, 3.8) is 0 Å². The fourth-order valence-electron chi connectivity index (χ4n) is 2.19. The highest BCUT2D eigenvalue weighted by atomic mass is 16.5. The normalized spacial score (nSPS) is 23.2. The van der Waals surface area contributed by atoms with Crippen LogP contribution in [0, 0.1) is 0 Å².